The summed E-state index contributed by atoms with van der Waals surface area (Å²) in [5.41, 5.74) is 0. The molecule has 0 bridgehead atoms. The van der Waals surface area contributed by atoms with E-state index in [-0.39, 0.29) is 0 Å². The van der Waals surface area contributed by atoms with E-state index in [4.69, 9.17) is 5.26 Å². The van der Waals surface area contributed by atoms with Gasteiger partial charge in [0.15, 0.2) is 5.04 Å². The first-order valence-corrected chi connectivity index (χ1v) is 2.99. The molecule has 0 amide bonds. The van der Waals surface area contributed by atoms with Gasteiger partial charge in [0.05, 0.1) is 6.54 Å². The van der Waals surface area contributed by atoms with Crippen LogP contribution in [0.3, 0.4) is 0 Å². The van der Waals surface area contributed by atoms with Crippen LogP contribution < -0.4 is 0 Å². The van der Waals surface area contributed by atoms with Gasteiger partial charge in [-0.2, -0.15) is 5.26 Å². The number of thioether (sulfide) groups is 1. The van der Waals surface area contributed by atoms with Crippen molar-refractivity contribution < 1.29 is 0 Å². The minimum Gasteiger partial charge on any atom is -0.267 e. The van der Waals surface area contributed by atoms with Gasteiger partial charge in [0.25, 0.3) is 0 Å². The van der Waals surface area contributed by atoms with Gasteiger partial charge in [-0.1, -0.05) is 11.8 Å². The Hall–Kier alpha value is -0.490. The van der Waals surface area contributed by atoms with Crippen LogP contribution in [-0.2, 0) is 0 Å². The summed E-state index contributed by atoms with van der Waals surface area (Å²) in [5, 5.41) is 8.80. The van der Waals surface area contributed by atoms with Crippen molar-refractivity contribution in [3.05, 3.63) is 0 Å². The van der Waals surface area contributed by atoms with Crippen LogP contribution in [0.1, 0.15) is 0 Å². The van der Waals surface area contributed by atoms with Crippen LogP contribution in [0.2, 0.25) is 0 Å². The number of hydrogen-bond donors (Lipinski definition) is 0. The van der Waals surface area contributed by atoms with Crippen LogP contribution >= 0.6 is 11.8 Å². The average molecular weight is 112 g/mol. The molecule has 0 N–H and O–H groups in total. The lowest BCUT2D eigenvalue weighted by molar-refractivity contribution is 1.18. The van der Waals surface area contributed by atoms with E-state index in [0.717, 1.165) is 12.3 Å². The third-order valence-corrected chi connectivity index (χ3v) is 1.56. The fourth-order valence-corrected chi connectivity index (χ4v) is 1.03. The van der Waals surface area contributed by atoms with Crippen LogP contribution in [0.5, 0.6) is 0 Å². The highest BCUT2D eigenvalue weighted by molar-refractivity contribution is 8.14. The molecule has 0 unspecified atom stereocenters. The van der Waals surface area contributed by atoms with Crippen LogP contribution in [0, 0.1) is 11.3 Å². The molecule has 0 aromatic carbocycles. The highest BCUT2D eigenvalue weighted by Gasteiger charge is 2.02. The number of hydrogen-bond acceptors (Lipinski definition) is 3. The monoisotopic (exact) mass is 112 g/mol. The van der Waals surface area contributed by atoms with Gasteiger partial charge in [-0.15, -0.1) is 0 Å². The molecule has 0 fully saturated rings. The van der Waals surface area contributed by atoms with E-state index in [0.29, 0.717) is 5.04 Å². The molecule has 36 valence electrons. The molecule has 0 saturated carbocycles. The lowest BCUT2D eigenvalue weighted by atomic mass is 10.7. The van der Waals surface area contributed by atoms with Gasteiger partial charge in [-0.25, -0.2) is 0 Å². The standard InChI is InChI=1S/C4H4N2S/c5-3-4-6-1-2-7-4/h1-2H2. The summed E-state index contributed by atoms with van der Waals surface area (Å²) < 4.78 is 0. The fraction of sp³-hybridized carbons (Fsp3) is 0.500. The predicted molar refractivity (Wildman–Crippen MR) is 30.4 cm³/mol. The molecule has 1 rings (SSSR count). The summed E-state index contributed by atoms with van der Waals surface area (Å²) >= 11 is 1.53. The molecule has 3 heteroatoms. The molecule has 1 aliphatic heterocycles. The van der Waals surface area contributed by atoms with Gasteiger partial charge in [-0.3, -0.25) is 4.99 Å². The molecular formula is C4H4N2S. The Labute approximate surface area is 46.2 Å². The van der Waals surface area contributed by atoms with Crippen LogP contribution in [0.15, 0.2) is 4.99 Å². The first-order chi connectivity index (χ1) is 3.43. The van der Waals surface area contributed by atoms with E-state index in [1.807, 2.05) is 6.07 Å². The van der Waals surface area contributed by atoms with E-state index >= 15 is 0 Å². The van der Waals surface area contributed by atoms with Crippen LogP contribution in [0.4, 0.5) is 0 Å². The lowest BCUT2D eigenvalue weighted by Crippen LogP contribution is -1.75. The lowest BCUT2D eigenvalue weighted by Gasteiger charge is -1.73. The Kier molecular flexibility index (Phi) is 1.32. The summed E-state index contributed by atoms with van der Waals surface area (Å²) in [5.74, 6) is 0.989. The maximum absolute atomic E-state index is 8.16. The highest BCUT2D eigenvalue weighted by atomic mass is 32.2. The maximum atomic E-state index is 8.16. The number of rotatable bonds is 0. The van der Waals surface area contributed by atoms with Crippen LogP contribution in [-0.4, -0.2) is 17.3 Å². The van der Waals surface area contributed by atoms with Crippen molar-refractivity contribution in [3.8, 4) is 6.07 Å². The summed E-state index contributed by atoms with van der Waals surface area (Å²) in [6.45, 7) is 0.827. The Bertz CT molecular complexity index is 133. The molecular weight excluding hydrogens is 108 g/mol. The zero-order valence-electron chi connectivity index (χ0n) is 3.72. The predicted octanol–water partition coefficient (Wildman–Crippen LogP) is 0.655. The van der Waals surface area contributed by atoms with Crippen LogP contribution in [0.25, 0.3) is 0 Å². The van der Waals surface area contributed by atoms with E-state index < -0.39 is 0 Å². The topological polar surface area (TPSA) is 36.1 Å². The average Bonchev–Trinajstić information content (AvgIpc) is 2.14. The van der Waals surface area contributed by atoms with Gasteiger partial charge in [-0.05, 0) is 0 Å². The molecule has 0 saturated heterocycles. The molecule has 0 aliphatic carbocycles. The Morgan fingerprint density at radius 3 is 3.00 bits per heavy atom. The van der Waals surface area contributed by atoms with Crippen molar-refractivity contribution in [3.63, 3.8) is 0 Å². The van der Waals surface area contributed by atoms with Crippen molar-refractivity contribution in [2.24, 2.45) is 4.99 Å². The van der Waals surface area contributed by atoms with Crippen molar-refractivity contribution in [2.45, 2.75) is 0 Å². The molecule has 7 heavy (non-hydrogen) atoms. The second-order valence-electron chi connectivity index (χ2n) is 1.15. The fourth-order valence-electron chi connectivity index (χ4n) is 0.403. The molecule has 2 nitrogen and oxygen atoms in total. The van der Waals surface area contributed by atoms with Gasteiger partial charge < -0.3 is 0 Å². The van der Waals surface area contributed by atoms with Crippen molar-refractivity contribution >= 4 is 16.8 Å². The highest BCUT2D eigenvalue weighted by Crippen LogP contribution is 2.09. The molecule has 0 aromatic rings. The SMILES string of the molecule is N#CC1=NCCS1. The summed E-state index contributed by atoms with van der Waals surface area (Å²) in [6.07, 6.45) is 0. The molecule has 0 aromatic heterocycles. The smallest absolute Gasteiger partial charge is 0.169 e. The van der Waals surface area contributed by atoms with Crippen molar-refractivity contribution in [1.82, 2.24) is 0 Å². The number of aliphatic imine (C=N–C) groups is 1. The Morgan fingerprint density at radius 1 is 1.86 bits per heavy atom. The normalized spacial score (nSPS) is 18.4. The molecule has 0 spiro atoms. The Morgan fingerprint density at radius 2 is 2.71 bits per heavy atom. The quantitative estimate of drug-likeness (QED) is 0.461. The zero-order valence-corrected chi connectivity index (χ0v) is 4.53. The Balaban J connectivity index is 2.57. The minimum atomic E-state index is 0.639. The van der Waals surface area contributed by atoms with Crippen molar-refractivity contribution in [2.75, 3.05) is 12.3 Å². The third kappa shape index (κ3) is 0.937. The zero-order chi connectivity index (χ0) is 5.11. The molecule has 1 heterocycles. The van der Waals surface area contributed by atoms with Gasteiger partial charge in [0.2, 0.25) is 0 Å². The van der Waals surface area contributed by atoms with E-state index in [2.05, 4.69) is 4.99 Å². The third-order valence-electron chi connectivity index (χ3n) is 0.681. The van der Waals surface area contributed by atoms with E-state index in [1.165, 1.54) is 11.8 Å². The van der Waals surface area contributed by atoms with Gasteiger partial charge in [0.1, 0.15) is 6.07 Å². The second kappa shape index (κ2) is 1.99. The van der Waals surface area contributed by atoms with E-state index in [9.17, 15) is 0 Å². The number of nitriles is 1. The minimum absolute atomic E-state index is 0.639. The first-order valence-electron chi connectivity index (χ1n) is 2.01. The summed E-state index contributed by atoms with van der Waals surface area (Å²) in [4.78, 5) is 3.87. The summed E-state index contributed by atoms with van der Waals surface area (Å²) in [7, 11) is 0. The van der Waals surface area contributed by atoms with E-state index in [1.54, 1.807) is 0 Å². The molecule has 0 radical (unpaired) electrons. The van der Waals surface area contributed by atoms with Gasteiger partial charge >= 0.3 is 0 Å². The van der Waals surface area contributed by atoms with Crippen molar-refractivity contribution in [1.29, 1.82) is 5.26 Å². The number of nitrogens with zero attached hydrogens (tertiary/aromatic N) is 2. The molecule has 1 aliphatic rings. The second-order valence-corrected chi connectivity index (χ2v) is 2.23. The maximum Gasteiger partial charge on any atom is 0.169 e. The first kappa shape index (κ1) is 4.66. The summed E-state index contributed by atoms with van der Waals surface area (Å²) in [6, 6.07) is 1.98. The van der Waals surface area contributed by atoms with Gasteiger partial charge in [0, 0.05) is 5.75 Å². The molecule has 0 atom stereocenters. The largest absolute Gasteiger partial charge is 0.267 e.